The molecule has 0 saturated heterocycles. The zero-order valence-electron chi connectivity index (χ0n) is 11.0. The van der Waals surface area contributed by atoms with Gasteiger partial charge in [-0.15, -0.1) is 0 Å². The average Bonchev–Trinajstić information content (AvgIpc) is 2.87. The molecule has 1 atom stereocenters. The van der Waals surface area contributed by atoms with Crippen molar-refractivity contribution >= 4 is 11.6 Å². The molecule has 0 amide bonds. The van der Waals surface area contributed by atoms with Gasteiger partial charge in [0.15, 0.2) is 0 Å². The molecule has 0 aliphatic rings. The maximum atomic E-state index is 10.3. The second kappa shape index (κ2) is 6.08. The fraction of sp³-hybridized carbons (Fsp3) is 0.357. The smallest absolute Gasteiger partial charge is 0.122 e. The molecule has 0 aliphatic carbocycles. The van der Waals surface area contributed by atoms with Crippen LogP contribution >= 0.6 is 11.6 Å². The van der Waals surface area contributed by atoms with Crippen LogP contribution in [-0.4, -0.2) is 22.0 Å². The number of hydrogen-bond donors (Lipinski definition) is 1. The molecule has 0 aliphatic heterocycles. The molecule has 1 aromatic carbocycles. The lowest BCUT2D eigenvalue weighted by molar-refractivity contribution is 0.166. The van der Waals surface area contributed by atoms with Crippen molar-refractivity contribution in [1.82, 2.24) is 9.78 Å². The Morgan fingerprint density at radius 1 is 1.42 bits per heavy atom. The van der Waals surface area contributed by atoms with Crippen molar-refractivity contribution in [3.05, 3.63) is 46.7 Å². The van der Waals surface area contributed by atoms with E-state index in [1.165, 1.54) is 0 Å². The quantitative estimate of drug-likeness (QED) is 0.916. The Labute approximate surface area is 117 Å². The molecular weight excluding hydrogens is 264 g/mol. The number of halogens is 1. The third-order valence-corrected chi connectivity index (χ3v) is 3.28. The van der Waals surface area contributed by atoms with Gasteiger partial charge in [0.25, 0.3) is 0 Å². The number of rotatable bonds is 5. The normalized spacial score (nSPS) is 12.4. The van der Waals surface area contributed by atoms with Crippen LogP contribution < -0.4 is 4.74 Å². The van der Waals surface area contributed by atoms with Crippen molar-refractivity contribution in [2.45, 2.75) is 26.0 Å². The van der Waals surface area contributed by atoms with Crippen LogP contribution in [0.3, 0.4) is 0 Å². The summed E-state index contributed by atoms with van der Waals surface area (Å²) in [6.07, 6.45) is 1.50. The van der Waals surface area contributed by atoms with E-state index in [4.69, 9.17) is 16.3 Å². The van der Waals surface area contributed by atoms with E-state index >= 15 is 0 Å². The van der Waals surface area contributed by atoms with E-state index in [0.29, 0.717) is 11.4 Å². The van der Waals surface area contributed by atoms with Crippen molar-refractivity contribution in [2.24, 2.45) is 0 Å². The molecule has 5 heteroatoms. The molecule has 4 nitrogen and oxygen atoms in total. The van der Waals surface area contributed by atoms with Gasteiger partial charge in [-0.2, -0.15) is 5.10 Å². The van der Waals surface area contributed by atoms with E-state index < -0.39 is 6.10 Å². The Hall–Kier alpha value is -1.52. The summed E-state index contributed by atoms with van der Waals surface area (Å²) in [5.74, 6) is 0.728. The van der Waals surface area contributed by atoms with Gasteiger partial charge in [0.2, 0.25) is 0 Å². The number of aryl methyl sites for hydroxylation is 1. The standard InChI is InChI=1S/C14H17ClN2O2/c1-3-17-12(6-7-16-17)13(18)9-10-8-11(15)4-5-14(10)19-2/h4-8,13,18H,3,9H2,1-2H3. The van der Waals surface area contributed by atoms with E-state index in [0.717, 1.165) is 23.6 Å². The number of hydrogen-bond acceptors (Lipinski definition) is 3. The topological polar surface area (TPSA) is 47.3 Å². The summed E-state index contributed by atoms with van der Waals surface area (Å²) in [4.78, 5) is 0. The van der Waals surface area contributed by atoms with Crippen LogP contribution in [0.5, 0.6) is 5.75 Å². The maximum Gasteiger partial charge on any atom is 0.122 e. The first-order chi connectivity index (χ1) is 9.15. The van der Waals surface area contributed by atoms with Crippen molar-refractivity contribution in [1.29, 1.82) is 0 Å². The number of aromatic nitrogens is 2. The molecule has 0 spiro atoms. The van der Waals surface area contributed by atoms with Gasteiger partial charge in [0.05, 0.1) is 18.9 Å². The van der Waals surface area contributed by atoms with Crippen LogP contribution in [0.4, 0.5) is 0 Å². The van der Waals surface area contributed by atoms with Crippen LogP contribution in [0.1, 0.15) is 24.3 Å². The average molecular weight is 281 g/mol. The Bertz CT molecular complexity index is 554. The minimum absolute atomic E-state index is 0.440. The van der Waals surface area contributed by atoms with Gasteiger partial charge in [0, 0.05) is 24.2 Å². The molecule has 1 aromatic heterocycles. The Kier molecular flexibility index (Phi) is 4.45. The van der Waals surface area contributed by atoms with E-state index in [2.05, 4.69) is 5.10 Å². The van der Waals surface area contributed by atoms with E-state index in [1.807, 2.05) is 25.1 Å². The van der Waals surface area contributed by atoms with E-state index in [9.17, 15) is 5.11 Å². The number of ether oxygens (including phenoxy) is 1. The summed E-state index contributed by atoms with van der Waals surface area (Å²) < 4.78 is 7.06. The first kappa shape index (κ1) is 13.9. The van der Waals surface area contributed by atoms with Gasteiger partial charge in [-0.25, -0.2) is 0 Å². The van der Waals surface area contributed by atoms with Gasteiger partial charge in [-0.05, 0) is 36.8 Å². The Morgan fingerprint density at radius 3 is 2.89 bits per heavy atom. The second-order valence-electron chi connectivity index (χ2n) is 4.25. The van der Waals surface area contributed by atoms with Crippen LogP contribution in [0.15, 0.2) is 30.5 Å². The maximum absolute atomic E-state index is 10.3. The monoisotopic (exact) mass is 280 g/mol. The third kappa shape index (κ3) is 3.08. The molecule has 0 fully saturated rings. The minimum Gasteiger partial charge on any atom is -0.496 e. The van der Waals surface area contributed by atoms with Crippen molar-refractivity contribution in [3.63, 3.8) is 0 Å². The molecule has 19 heavy (non-hydrogen) atoms. The Morgan fingerprint density at radius 2 is 2.21 bits per heavy atom. The number of benzene rings is 1. The second-order valence-corrected chi connectivity index (χ2v) is 4.68. The summed E-state index contributed by atoms with van der Waals surface area (Å²) in [5, 5.41) is 15.1. The van der Waals surface area contributed by atoms with E-state index in [1.54, 1.807) is 24.1 Å². The number of nitrogens with zero attached hydrogens (tertiary/aromatic N) is 2. The summed E-state index contributed by atoms with van der Waals surface area (Å²) in [7, 11) is 1.61. The summed E-state index contributed by atoms with van der Waals surface area (Å²) in [5.41, 5.74) is 1.68. The zero-order valence-corrected chi connectivity index (χ0v) is 11.8. The molecule has 2 rings (SSSR count). The van der Waals surface area contributed by atoms with Gasteiger partial charge < -0.3 is 9.84 Å². The lowest BCUT2D eigenvalue weighted by atomic mass is 10.0. The van der Waals surface area contributed by atoms with Crippen molar-refractivity contribution in [3.8, 4) is 5.75 Å². The zero-order chi connectivity index (χ0) is 13.8. The lowest BCUT2D eigenvalue weighted by Gasteiger charge is -2.15. The minimum atomic E-state index is -0.630. The van der Waals surface area contributed by atoms with Crippen LogP contribution in [0.25, 0.3) is 0 Å². The van der Waals surface area contributed by atoms with Gasteiger partial charge in [-0.1, -0.05) is 11.6 Å². The molecule has 1 heterocycles. The predicted molar refractivity (Wildman–Crippen MR) is 74.6 cm³/mol. The van der Waals surface area contributed by atoms with Gasteiger partial charge >= 0.3 is 0 Å². The highest BCUT2D eigenvalue weighted by Crippen LogP contribution is 2.27. The fourth-order valence-corrected chi connectivity index (χ4v) is 2.30. The first-order valence-corrected chi connectivity index (χ1v) is 6.55. The molecule has 102 valence electrons. The van der Waals surface area contributed by atoms with Gasteiger partial charge in [0.1, 0.15) is 5.75 Å². The van der Waals surface area contributed by atoms with Crippen LogP contribution in [0.2, 0.25) is 5.02 Å². The fourth-order valence-electron chi connectivity index (χ4n) is 2.11. The molecule has 0 saturated carbocycles. The van der Waals surface area contributed by atoms with Crippen molar-refractivity contribution < 1.29 is 9.84 Å². The molecule has 1 unspecified atom stereocenters. The highest BCUT2D eigenvalue weighted by Gasteiger charge is 2.15. The molecule has 1 N–H and O–H groups in total. The summed E-state index contributed by atoms with van der Waals surface area (Å²) in [6, 6.07) is 7.22. The SMILES string of the molecule is CCn1nccc1C(O)Cc1cc(Cl)ccc1OC. The highest BCUT2D eigenvalue weighted by molar-refractivity contribution is 6.30. The third-order valence-electron chi connectivity index (χ3n) is 3.05. The van der Waals surface area contributed by atoms with Crippen LogP contribution in [-0.2, 0) is 13.0 Å². The number of aliphatic hydroxyl groups is 1. The highest BCUT2D eigenvalue weighted by atomic mass is 35.5. The predicted octanol–water partition coefficient (Wildman–Crippen LogP) is 2.84. The van der Waals surface area contributed by atoms with Crippen molar-refractivity contribution in [2.75, 3.05) is 7.11 Å². The van der Waals surface area contributed by atoms with Crippen LogP contribution in [0, 0.1) is 0 Å². The summed E-state index contributed by atoms with van der Waals surface area (Å²) in [6.45, 7) is 2.72. The largest absolute Gasteiger partial charge is 0.496 e. The summed E-state index contributed by atoms with van der Waals surface area (Å²) >= 11 is 5.99. The number of methoxy groups -OCH3 is 1. The Balaban J connectivity index is 2.23. The molecule has 2 aromatic rings. The number of aliphatic hydroxyl groups excluding tert-OH is 1. The molecule has 0 radical (unpaired) electrons. The first-order valence-electron chi connectivity index (χ1n) is 6.18. The molecule has 0 bridgehead atoms. The molecular formula is C14H17ClN2O2. The lowest BCUT2D eigenvalue weighted by Crippen LogP contribution is -2.10. The van der Waals surface area contributed by atoms with E-state index in [-0.39, 0.29) is 0 Å². The van der Waals surface area contributed by atoms with Gasteiger partial charge in [-0.3, -0.25) is 4.68 Å².